The van der Waals surface area contributed by atoms with Crippen molar-refractivity contribution in [2.75, 3.05) is 5.43 Å². The summed E-state index contributed by atoms with van der Waals surface area (Å²) < 4.78 is 38.2. The largest absolute Gasteiger partial charge is 0.416 e. The van der Waals surface area contributed by atoms with Gasteiger partial charge in [-0.3, -0.25) is 0 Å². The first-order valence-corrected chi connectivity index (χ1v) is 6.22. The molecule has 0 aliphatic heterocycles. The molecule has 2 aromatic heterocycles. The molecule has 0 aliphatic carbocycles. The maximum absolute atomic E-state index is 12.7. The Bertz CT molecular complexity index is 600. The maximum Gasteiger partial charge on any atom is 0.416 e. The van der Waals surface area contributed by atoms with Crippen LogP contribution in [0, 0.1) is 6.92 Å². The Kier molecular flexibility index (Phi) is 4.09. The third-order valence-electron chi connectivity index (χ3n) is 2.23. The number of hydrazine groups is 1. The minimum absolute atomic E-state index is 0.0746. The predicted octanol–water partition coefficient (Wildman–Crippen LogP) is 2.64. The van der Waals surface area contributed by atoms with Gasteiger partial charge < -0.3 is 5.43 Å². The second-order valence-electron chi connectivity index (χ2n) is 3.87. The molecule has 0 bridgehead atoms. The third kappa shape index (κ3) is 3.58. The van der Waals surface area contributed by atoms with Crippen LogP contribution in [0.2, 0.25) is 0 Å². The smallest absolute Gasteiger partial charge is 0.308 e. The minimum atomic E-state index is -4.47. The molecule has 20 heavy (non-hydrogen) atoms. The number of nitrogens with one attached hydrogen (secondary N) is 1. The molecule has 0 saturated heterocycles. The lowest BCUT2D eigenvalue weighted by atomic mass is 10.2. The number of alkyl halides is 3. The van der Waals surface area contributed by atoms with Crippen LogP contribution in [0.25, 0.3) is 0 Å². The van der Waals surface area contributed by atoms with Crippen LogP contribution >= 0.6 is 11.8 Å². The zero-order valence-electron chi connectivity index (χ0n) is 10.3. The monoisotopic (exact) mass is 301 g/mol. The van der Waals surface area contributed by atoms with E-state index in [9.17, 15) is 13.2 Å². The first kappa shape index (κ1) is 14.5. The first-order chi connectivity index (χ1) is 9.38. The quantitative estimate of drug-likeness (QED) is 0.515. The molecule has 0 saturated carbocycles. The van der Waals surface area contributed by atoms with Crippen molar-refractivity contribution in [3.05, 3.63) is 35.7 Å². The van der Waals surface area contributed by atoms with Crippen LogP contribution in [-0.4, -0.2) is 15.0 Å². The number of aromatic nitrogens is 3. The van der Waals surface area contributed by atoms with Crippen molar-refractivity contribution < 1.29 is 13.2 Å². The Balaban J connectivity index is 2.33. The van der Waals surface area contributed by atoms with Crippen LogP contribution in [0.5, 0.6) is 0 Å². The van der Waals surface area contributed by atoms with Crippen LogP contribution in [0.15, 0.2) is 34.7 Å². The van der Waals surface area contributed by atoms with E-state index < -0.39 is 11.7 Å². The summed E-state index contributed by atoms with van der Waals surface area (Å²) in [7, 11) is 0. The van der Waals surface area contributed by atoms with Crippen molar-refractivity contribution in [3.63, 3.8) is 0 Å². The van der Waals surface area contributed by atoms with Crippen molar-refractivity contribution >= 4 is 17.6 Å². The van der Waals surface area contributed by atoms with Crippen molar-refractivity contribution in [3.8, 4) is 0 Å². The summed E-state index contributed by atoms with van der Waals surface area (Å²) in [4.78, 5) is 11.9. The van der Waals surface area contributed by atoms with E-state index in [1.54, 1.807) is 12.4 Å². The number of hydrogen-bond donors (Lipinski definition) is 2. The molecule has 2 rings (SSSR count). The summed E-state index contributed by atoms with van der Waals surface area (Å²) in [5.41, 5.74) is 2.13. The topological polar surface area (TPSA) is 76.7 Å². The summed E-state index contributed by atoms with van der Waals surface area (Å²) in [6.45, 7) is 1.81. The fraction of sp³-hybridized carbons (Fsp3) is 0.182. The molecule has 0 radical (unpaired) electrons. The van der Waals surface area contributed by atoms with E-state index in [4.69, 9.17) is 5.84 Å². The van der Waals surface area contributed by atoms with Gasteiger partial charge in [0.15, 0.2) is 5.16 Å². The van der Waals surface area contributed by atoms with Gasteiger partial charge in [-0.05, 0) is 36.4 Å². The Morgan fingerprint density at radius 2 is 1.85 bits per heavy atom. The second kappa shape index (κ2) is 5.63. The fourth-order valence-corrected chi connectivity index (χ4v) is 2.05. The van der Waals surface area contributed by atoms with Crippen molar-refractivity contribution in [1.82, 2.24) is 15.0 Å². The molecule has 5 nitrogen and oxygen atoms in total. The van der Waals surface area contributed by atoms with E-state index in [1.165, 1.54) is 0 Å². The predicted molar refractivity (Wildman–Crippen MR) is 67.9 cm³/mol. The van der Waals surface area contributed by atoms with Gasteiger partial charge in [0.25, 0.3) is 0 Å². The number of nitrogens with zero attached hydrogens (tertiary/aromatic N) is 3. The Morgan fingerprint density at radius 3 is 2.40 bits per heavy atom. The van der Waals surface area contributed by atoms with Crippen LogP contribution in [-0.2, 0) is 6.18 Å². The van der Waals surface area contributed by atoms with E-state index in [1.807, 2.05) is 6.92 Å². The average molecular weight is 301 g/mol. The molecule has 0 aromatic carbocycles. The first-order valence-electron chi connectivity index (χ1n) is 5.41. The highest BCUT2D eigenvalue weighted by Crippen LogP contribution is 2.34. The zero-order valence-corrected chi connectivity index (χ0v) is 11.1. The standard InChI is InChI=1S/C11H10F3N5S/c1-6-4-16-10(17-5-6)20-9-3-7(11(12,13)14)2-8(18-9)19-15/h2-5H,15H2,1H3,(H,18,19). The molecule has 2 aromatic rings. The lowest BCUT2D eigenvalue weighted by molar-refractivity contribution is -0.137. The number of nitrogen functional groups attached to an aromatic ring is 1. The molecule has 0 spiro atoms. The summed E-state index contributed by atoms with van der Waals surface area (Å²) in [6.07, 6.45) is -1.33. The molecular weight excluding hydrogens is 291 g/mol. The van der Waals surface area contributed by atoms with Gasteiger partial charge in [0.1, 0.15) is 10.8 Å². The van der Waals surface area contributed by atoms with Crippen LogP contribution in [0.1, 0.15) is 11.1 Å². The molecule has 2 heterocycles. The molecule has 0 atom stereocenters. The minimum Gasteiger partial charge on any atom is -0.308 e. The lowest BCUT2D eigenvalue weighted by Gasteiger charge is -2.10. The van der Waals surface area contributed by atoms with Crippen molar-refractivity contribution in [1.29, 1.82) is 0 Å². The molecule has 9 heteroatoms. The van der Waals surface area contributed by atoms with Gasteiger partial charge in [-0.25, -0.2) is 20.8 Å². The Labute approximate surface area is 116 Å². The number of halogens is 3. The van der Waals surface area contributed by atoms with Gasteiger partial charge in [-0.15, -0.1) is 0 Å². The van der Waals surface area contributed by atoms with Gasteiger partial charge in [0.05, 0.1) is 5.56 Å². The summed E-state index contributed by atoms with van der Waals surface area (Å²) in [6, 6.07) is 1.76. The van der Waals surface area contributed by atoms with E-state index in [0.29, 0.717) is 5.16 Å². The van der Waals surface area contributed by atoms with E-state index in [-0.39, 0.29) is 10.8 Å². The van der Waals surface area contributed by atoms with Gasteiger partial charge in [0, 0.05) is 12.4 Å². The highest BCUT2D eigenvalue weighted by atomic mass is 32.2. The number of aryl methyl sites for hydroxylation is 1. The Hall–Kier alpha value is -1.87. The molecule has 3 N–H and O–H groups in total. The summed E-state index contributed by atoms with van der Waals surface area (Å²) >= 11 is 0.927. The van der Waals surface area contributed by atoms with Gasteiger partial charge in [-0.2, -0.15) is 13.2 Å². The van der Waals surface area contributed by atoms with E-state index >= 15 is 0 Å². The van der Waals surface area contributed by atoms with Gasteiger partial charge in [-0.1, -0.05) is 0 Å². The maximum atomic E-state index is 12.7. The SMILES string of the molecule is Cc1cnc(Sc2cc(C(F)(F)F)cc(NN)n2)nc1. The van der Waals surface area contributed by atoms with Crippen molar-refractivity contribution in [2.45, 2.75) is 23.3 Å². The molecule has 106 valence electrons. The zero-order chi connectivity index (χ0) is 14.8. The number of hydrogen-bond acceptors (Lipinski definition) is 6. The van der Waals surface area contributed by atoms with Crippen molar-refractivity contribution in [2.24, 2.45) is 5.84 Å². The van der Waals surface area contributed by atoms with Crippen LogP contribution < -0.4 is 11.3 Å². The van der Waals surface area contributed by atoms with E-state index in [0.717, 1.165) is 29.5 Å². The highest BCUT2D eigenvalue weighted by molar-refractivity contribution is 7.99. The van der Waals surface area contributed by atoms with Crippen LogP contribution in [0.4, 0.5) is 19.0 Å². The molecular formula is C11H10F3N5S. The van der Waals surface area contributed by atoms with Gasteiger partial charge >= 0.3 is 6.18 Å². The normalized spacial score (nSPS) is 11.4. The number of pyridine rings is 1. The van der Waals surface area contributed by atoms with Gasteiger partial charge in [0.2, 0.25) is 0 Å². The molecule has 0 amide bonds. The van der Waals surface area contributed by atoms with Crippen LogP contribution in [0.3, 0.4) is 0 Å². The second-order valence-corrected chi connectivity index (χ2v) is 4.85. The summed E-state index contributed by atoms with van der Waals surface area (Å²) in [5.74, 6) is 5.05. The molecule has 0 unspecified atom stereocenters. The highest BCUT2D eigenvalue weighted by Gasteiger charge is 2.31. The average Bonchev–Trinajstić information content (AvgIpc) is 2.40. The number of rotatable bonds is 3. The summed E-state index contributed by atoms with van der Waals surface area (Å²) in [5, 5.41) is 0.419. The third-order valence-corrected chi connectivity index (χ3v) is 3.04. The number of anilines is 1. The fourth-order valence-electron chi connectivity index (χ4n) is 1.32. The Morgan fingerprint density at radius 1 is 1.20 bits per heavy atom. The molecule has 0 aliphatic rings. The molecule has 0 fully saturated rings. The van der Waals surface area contributed by atoms with E-state index in [2.05, 4.69) is 20.4 Å². The number of nitrogens with two attached hydrogens (primary N) is 1. The lowest BCUT2D eigenvalue weighted by Crippen LogP contribution is -2.12.